The van der Waals surface area contributed by atoms with Crippen LogP contribution in [0.4, 0.5) is 5.69 Å². The Balaban J connectivity index is 1.75. The Labute approximate surface area is 137 Å². The Morgan fingerprint density at radius 1 is 1.09 bits per heavy atom. The zero-order chi connectivity index (χ0) is 16.2. The van der Waals surface area contributed by atoms with Crippen molar-refractivity contribution in [3.05, 3.63) is 65.0 Å². The van der Waals surface area contributed by atoms with E-state index >= 15 is 0 Å². The summed E-state index contributed by atoms with van der Waals surface area (Å²) >= 11 is 1.37. The van der Waals surface area contributed by atoms with Crippen LogP contribution in [0.15, 0.2) is 54.6 Å². The molecule has 0 bridgehead atoms. The molecule has 1 amide bonds. The summed E-state index contributed by atoms with van der Waals surface area (Å²) in [7, 11) is 1.36. The number of rotatable bonds is 4. The van der Waals surface area contributed by atoms with Gasteiger partial charge in [0, 0.05) is 10.4 Å². The van der Waals surface area contributed by atoms with E-state index in [1.165, 1.54) is 18.4 Å². The van der Waals surface area contributed by atoms with E-state index in [9.17, 15) is 9.59 Å². The summed E-state index contributed by atoms with van der Waals surface area (Å²) in [5.74, 6) is -0.417. The fourth-order valence-electron chi connectivity index (χ4n) is 2.31. The number of carbonyl (C=O) groups excluding carboxylic acids is 2. The van der Waals surface area contributed by atoms with Crippen molar-refractivity contribution in [3.63, 3.8) is 0 Å². The van der Waals surface area contributed by atoms with Gasteiger partial charge in [-0.3, -0.25) is 4.79 Å². The van der Waals surface area contributed by atoms with Crippen molar-refractivity contribution in [1.82, 2.24) is 0 Å². The molecule has 0 atom stereocenters. The lowest BCUT2D eigenvalue weighted by Gasteiger charge is -2.05. The summed E-state index contributed by atoms with van der Waals surface area (Å²) in [5.41, 5.74) is 1.68. The molecular formula is C18H15NO3S. The number of methoxy groups -OCH3 is 1. The van der Waals surface area contributed by atoms with E-state index < -0.39 is 0 Å². The van der Waals surface area contributed by atoms with Gasteiger partial charge in [-0.2, -0.15) is 0 Å². The van der Waals surface area contributed by atoms with Gasteiger partial charge in [-0.1, -0.05) is 30.3 Å². The van der Waals surface area contributed by atoms with Crippen LogP contribution in [0, 0.1) is 0 Å². The van der Waals surface area contributed by atoms with Gasteiger partial charge in [0.05, 0.1) is 13.5 Å². The number of thiophene rings is 1. The van der Waals surface area contributed by atoms with Crippen molar-refractivity contribution in [1.29, 1.82) is 0 Å². The predicted molar refractivity (Wildman–Crippen MR) is 91.9 cm³/mol. The number of amides is 1. The monoisotopic (exact) mass is 325 g/mol. The maximum atomic E-state index is 12.1. The lowest BCUT2D eigenvalue weighted by molar-refractivity contribution is -0.115. The van der Waals surface area contributed by atoms with Crippen molar-refractivity contribution in [3.8, 4) is 0 Å². The number of esters is 1. The summed E-state index contributed by atoms with van der Waals surface area (Å²) in [6.45, 7) is 0. The van der Waals surface area contributed by atoms with E-state index in [4.69, 9.17) is 4.74 Å². The van der Waals surface area contributed by atoms with Gasteiger partial charge in [-0.05, 0) is 35.2 Å². The van der Waals surface area contributed by atoms with Crippen LogP contribution in [0.25, 0.3) is 10.1 Å². The molecule has 1 heterocycles. The van der Waals surface area contributed by atoms with Gasteiger partial charge in [0.25, 0.3) is 0 Å². The molecule has 0 spiro atoms. The minimum absolute atomic E-state index is 0.0704. The molecule has 3 rings (SSSR count). The summed E-state index contributed by atoms with van der Waals surface area (Å²) in [6.07, 6.45) is 0.329. The maximum absolute atomic E-state index is 12.1. The van der Waals surface area contributed by atoms with Crippen LogP contribution in [-0.4, -0.2) is 19.0 Å². The smallest absolute Gasteiger partial charge is 0.348 e. The SMILES string of the molecule is COC(=O)c1cc2cc(NC(=O)Cc3ccccc3)ccc2s1. The average Bonchev–Trinajstić information content (AvgIpc) is 2.98. The highest BCUT2D eigenvalue weighted by Crippen LogP contribution is 2.28. The summed E-state index contributed by atoms with van der Waals surface area (Å²) < 4.78 is 5.71. The van der Waals surface area contributed by atoms with Crippen molar-refractivity contribution >= 4 is 39.0 Å². The van der Waals surface area contributed by atoms with Gasteiger partial charge < -0.3 is 10.1 Å². The number of nitrogens with one attached hydrogen (secondary N) is 1. The predicted octanol–water partition coefficient (Wildman–Crippen LogP) is 3.87. The molecule has 0 saturated heterocycles. The quantitative estimate of drug-likeness (QED) is 0.741. The normalized spacial score (nSPS) is 10.5. The van der Waals surface area contributed by atoms with Gasteiger partial charge in [-0.15, -0.1) is 11.3 Å². The standard InChI is InChI=1S/C18H15NO3S/c1-22-18(21)16-11-13-10-14(7-8-15(13)23-16)19-17(20)9-12-5-3-2-4-6-12/h2-8,10-11H,9H2,1H3,(H,19,20). The summed E-state index contributed by atoms with van der Waals surface area (Å²) in [4.78, 5) is 24.2. The van der Waals surface area contributed by atoms with E-state index in [1.54, 1.807) is 6.07 Å². The first-order valence-electron chi connectivity index (χ1n) is 7.11. The van der Waals surface area contributed by atoms with Crippen molar-refractivity contribution in [2.24, 2.45) is 0 Å². The number of fused-ring (bicyclic) bond motifs is 1. The third-order valence-corrected chi connectivity index (χ3v) is 4.49. The second-order valence-corrected chi connectivity index (χ2v) is 6.15. The first-order valence-corrected chi connectivity index (χ1v) is 7.93. The zero-order valence-electron chi connectivity index (χ0n) is 12.5. The number of hydrogen-bond donors (Lipinski definition) is 1. The van der Waals surface area contributed by atoms with Gasteiger partial charge >= 0.3 is 5.97 Å². The Hall–Kier alpha value is -2.66. The number of carbonyl (C=O) groups is 2. The molecule has 3 aromatic rings. The van der Waals surface area contributed by atoms with Crippen LogP contribution < -0.4 is 5.32 Å². The molecule has 1 aromatic heterocycles. The molecule has 5 heteroatoms. The molecule has 4 nitrogen and oxygen atoms in total. The van der Waals surface area contributed by atoms with Crippen LogP contribution >= 0.6 is 11.3 Å². The van der Waals surface area contributed by atoms with E-state index in [1.807, 2.05) is 48.5 Å². The van der Waals surface area contributed by atoms with Crippen LogP contribution in [0.3, 0.4) is 0 Å². The fraction of sp³-hybridized carbons (Fsp3) is 0.111. The third kappa shape index (κ3) is 3.57. The van der Waals surface area contributed by atoms with Gasteiger partial charge in [0.2, 0.25) is 5.91 Å². The number of ether oxygens (including phenoxy) is 1. The Kier molecular flexibility index (Phi) is 4.39. The van der Waals surface area contributed by atoms with Crippen LogP contribution in [0.2, 0.25) is 0 Å². The largest absolute Gasteiger partial charge is 0.465 e. The Bertz CT molecular complexity index is 855. The first-order chi connectivity index (χ1) is 11.2. The van der Waals surface area contributed by atoms with Gasteiger partial charge in [-0.25, -0.2) is 4.79 Å². The van der Waals surface area contributed by atoms with Crippen LogP contribution in [0.5, 0.6) is 0 Å². The van der Waals surface area contributed by atoms with Crippen molar-refractivity contribution < 1.29 is 14.3 Å². The van der Waals surface area contributed by atoms with Gasteiger partial charge in [0.1, 0.15) is 4.88 Å². The minimum atomic E-state index is -0.346. The molecular weight excluding hydrogens is 310 g/mol. The van der Waals surface area contributed by atoms with E-state index in [0.29, 0.717) is 17.0 Å². The van der Waals surface area contributed by atoms with Crippen molar-refractivity contribution in [2.45, 2.75) is 6.42 Å². The molecule has 0 fully saturated rings. The zero-order valence-corrected chi connectivity index (χ0v) is 13.4. The lowest BCUT2D eigenvalue weighted by Crippen LogP contribution is -2.14. The van der Waals surface area contributed by atoms with E-state index in [2.05, 4.69) is 5.32 Å². The maximum Gasteiger partial charge on any atom is 0.348 e. The highest BCUT2D eigenvalue weighted by Gasteiger charge is 2.11. The number of benzene rings is 2. The van der Waals surface area contributed by atoms with E-state index in [-0.39, 0.29) is 11.9 Å². The topological polar surface area (TPSA) is 55.4 Å². The second-order valence-electron chi connectivity index (χ2n) is 5.07. The molecule has 0 saturated carbocycles. The Morgan fingerprint density at radius 2 is 1.87 bits per heavy atom. The molecule has 0 radical (unpaired) electrons. The highest BCUT2D eigenvalue weighted by molar-refractivity contribution is 7.20. The van der Waals surface area contributed by atoms with E-state index in [0.717, 1.165) is 15.6 Å². The molecule has 1 N–H and O–H groups in total. The number of anilines is 1. The molecule has 0 aliphatic carbocycles. The average molecular weight is 325 g/mol. The van der Waals surface area contributed by atoms with Gasteiger partial charge in [0.15, 0.2) is 0 Å². The molecule has 0 aliphatic heterocycles. The van der Waals surface area contributed by atoms with Crippen LogP contribution in [0.1, 0.15) is 15.2 Å². The Morgan fingerprint density at radius 3 is 2.61 bits per heavy atom. The summed E-state index contributed by atoms with van der Waals surface area (Å²) in [5, 5.41) is 3.79. The third-order valence-electron chi connectivity index (χ3n) is 3.39. The molecule has 0 unspecified atom stereocenters. The lowest BCUT2D eigenvalue weighted by atomic mass is 10.1. The van der Waals surface area contributed by atoms with Crippen molar-refractivity contribution in [2.75, 3.05) is 12.4 Å². The minimum Gasteiger partial charge on any atom is -0.465 e. The number of hydrogen-bond acceptors (Lipinski definition) is 4. The van der Waals surface area contributed by atoms with Crippen LogP contribution in [-0.2, 0) is 16.0 Å². The highest BCUT2D eigenvalue weighted by atomic mass is 32.1. The molecule has 23 heavy (non-hydrogen) atoms. The first kappa shape index (κ1) is 15.2. The molecule has 116 valence electrons. The molecule has 0 aliphatic rings. The fourth-order valence-corrected chi connectivity index (χ4v) is 3.27. The molecule has 2 aromatic carbocycles. The summed E-state index contributed by atoms with van der Waals surface area (Å²) in [6, 6.07) is 17.0. The second kappa shape index (κ2) is 6.62.